The molecule has 3 fully saturated rings. The van der Waals surface area contributed by atoms with Gasteiger partial charge >= 0.3 is 5.97 Å². The monoisotopic (exact) mass is 262 g/mol. The zero-order valence-corrected chi connectivity index (χ0v) is 12.7. The summed E-state index contributed by atoms with van der Waals surface area (Å²) in [7, 11) is 0. The molecule has 5 aliphatic rings. The summed E-state index contributed by atoms with van der Waals surface area (Å²) in [4.78, 5) is 12.5. The first kappa shape index (κ1) is 13.2. The van der Waals surface area contributed by atoms with Crippen molar-refractivity contribution in [3.8, 4) is 0 Å². The predicted molar refractivity (Wildman–Crippen MR) is 75.6 cm³/mol. The third-order valence-corrected chi connectivity index (χ3v) is 6.15. The standard InChI is InChI=1S/C17H26O2/c1-5-16(3,4)15(18)19-17(6-2)12-7-8-13-11(9-12)10-14(13)17/h8,11-12,14H,5-7,9-10H2,1-4H3. The van der Waals surface area contributed by atoms with E-state index < -0.39 is 0 Å². The minimum Gasteiger partial charge on any atom is -0.458 e. The van der Waals surface area contributed by atoms with Gasteiger partial charge in [0.15, 0.2) is 0 Å². The van der Waals surface area contributed by atoms with Crippen LogP contribution in [0.25, 0.3) is 0 Å². The van der Waals surface area contributed by atoms with Crippen molar-refractivity contribution in [3.05, 3.63) is 11.6 Å². The molecule has 0 amide bonds. The second-order valence-electron chi connectivity index (χ2n) is 7.29. The van der Waals surface area contributed by atoms with Crippen LogP contribution < -0.4 is 0 Å². The van der Waals surface area contributed by atoms with Crippen molar-refractivity contribution in [1.29, 1.82) is 0 Å². The molecule has 0 N–H and O–H groups in total. The van der Waals surface area contributed by atoms with Crippen molar-refractivity contribution in [2.75, 3.05) is 0 Å². The normalized spacial score (nSPS) is 39.6. The fourth-order valence-electron chi connectivity index (χ4n) is 4.32. The Morgan fingerprint density at radius 3 is 2.63 bits per heavy atom. The van der Waals surface area contributed by atoms with Crippen LogP contribution >= 0.6 is 0 Å². The maximum Gasteiger partial charge on any atom is 0.312 e. The van der Waals surface area contributed by atoms with Crippen molar-refractivity contribution in [2.45, 2.75) is 65.4 Å². The van der Waals surface area contributed by atoms with Crippen molar-refractivity contribution >= 4 is 5.97 Å². The number of fused-ring (bicyclic) bond motifs is 1. The largest absolute Gasteiger partial charge is 0.458 e. The Labute approximate surface area is 116 Å². The summed E-state index contributed by atoms with van der Waals surface area (Å²) in [6, 6.07) is 0. The molecule has 0 radical (unpaired) electrons. The highest BCUT2D eigenvalue weighted by Gasteiger charge is 2.62. The van der Waals surface area contributed by atoms with Crippen LogP contribution in [0.2, 0.25) is 0 Å². The van der Waals surface area contributed by atoms with Crippen LogP contribution in [0, 0.1) is 23.2 Å². The molecule has 5 aliphatic carbocycles. The number of carbonyl (C=O) groups excluding carboxylic acids is 1. The van der Waals surface area contributed by atoms with Gasteiger partial charge in [-0.25, -0.2) is 0 Å². The molecule has 2 heteroatoms. The Morgan fingerprint density at radius 1 is 1.42 bits per heavy atom. The van der Waals surface area contributed by atoms with E-state index in [4.69, 9.17) is 4.74 Å². The number of carbonyl (C=O) groups is 1. The van der Waals surface area contributed by atoms with Gasteiger partial charge in [-0.2, -0.15) is 0 Å². The highest BCUT2D eigenvalue weighted by Crippen LogP contribution is 2.64. The molecule has 5 rings (SSSR count). The van der Waals surface area contributed by atoms with Crippen LogP contribution in [-0.4, -0.2) is 11.6 Å². The lowest BCUT2D eigenvalue weighted by Gasteiger charge is -2.62. The molecule has 2 nitrogen and oxygen atoms in total. The number of esters is 1. The average Bonchev–Trinajstić information content (AvgIpc) is 2.39. The second-order valence-corrected chi connectivity index (χ2v) is 7.29. The lowest BCUT2D eigenvalue weighted by molar-refractivity contribution is -0.204. The van der Waals surface area contributed by atoms with E-state index in [9.17, 15) is 4.79 Å². The fraction of sp³-hybridized carbons (Fsp3) is 0.824. The molecule has 0 aromatic rings. The molecule has 0 saturated heterocycles. The van der Waals surface area contributed by atoms with Gasteiger partial charge in [-0.05, 0) is 51.9 Å². The molecule has 106 valence electrons. The molecule has 0 spiro atoms. The molecule has 4 atom stereocenters. The first-order valence-corrected chi connectivity index (χ1v) is 7.88. The van der Waals surface area contributed by atoms with Crippen molar-refractivity contribution in [1.82, 2.24) is 0 Å². The molecule has 0 aromatic heterocycles. The maximum atomic E-state index is 12.5. The molecular formula is C17H26O2. The quantitative estimate of drug-likeness (QED) is 0.563. The first-order chi connectivity index (χ1) is 8.94. The molecule has 0 aromatic carbocycles. The minimum atomic E-state index is -0.351. The lowest BCUT2D eigenvalue weighted by atomic mass is 9.46. The highest BCUT2D eigenvalue weighted by molar-refractivity contribution is 5.76. The van der Waals surface area contributed by atoms with Gasteiger partial charge in [-0.3, -0.25) is 4.79 Å². The molecule has 19 heavy (non-hydrogen) atoms. The predicted octanol–water partition coefficient (Wildman–Crippen LogP) is 4.10. The third-order valence-electron chi connectivity index (χ3n) is 6.15. The van der Waals surface area contributed by atoms with E-state index in [1.54, 1.807) is 5.57 Å². The van der Waals surface area contributed by atoms with Gasteiger partial charge in [0.1, 0.15) is 5.60 Å². The van der Waals surface area contributed by atoms with Gasteiger partial charge in [0, 0.05) is 11.8 Å². The van der Waals surface area contributed by atoms with Gasteiger partial charge in [0.2, 0.25) is 0 Å². The molecule has 4 bridgehead atoms. The van der Waals surface area contributed by atoms with Gasteiger partial charge in [0.05, 0.1) is 5.41 Å². The zero-order chi connectivity index (χ0) is 13.8. The summed E-state index contributed by atoms with van der Waals surface area (Å²) in [5.74, 6) is 1.93. The van der Waals surface area contributed by atoms with E-state index >= 15 is 0 Å². The van der Waals surface area contributed by atoms with Crippen molar-refractivity contribution in [3.63, 3.8) is 0 Å². The summed E-state index contributed by atoms with van der Waals surface area (Å²) in [6.45, 7) is 8.26. The number of allylic oxidation sites excluding steroid dienone is 1. The van der Waals surface area contributed by atoms with Crippen LogP contribution in [0.15, 0.2) is 11.6 Å². The highest BCUT2D eigenvalue weighted by atomic mass is 16.6. The summed E-state index contributed by atoms with van der Waals surface area (Å²) in [5.41, 5.74) is 1.07. The van der Waals surface area contributed by atoms with Crippen LogP contribution in [0.3, 0.4) is 0 Å². The number of hydrogen-bond acceptors (Lipinski definition) is 2. The summed E-state index contributed by atoms with van der Waals surface area (Å²) in [5, 5.41) is 0. The van der Waals surface area contributed by atoms with Crippen molar-refractivity contribution < 1.29 is 9.53 Å². The SMILES string of the molecule is CCC(C)(C)C(=O)OC1(CC)C2CC=C3C(C2)CC31. The van der Waals surface area contributed by atoms with Gasteiger partial charge in [-0.15, -0.1) is 0 Å². The Hall–Kier alpha value is -0.790. The number of ether oxygens (including phenoxy) is 1. The van der Waals surface area contributed by atoms with Crippen LogP contribution in [0.1, 0.15) is 59.8 Å². The number of hydrogen-bond donors (Lipinski definition) is 0. The smallest absolute Gasteiger partial charge is 0.312 e. The van der Waals surface area contributed by atoms with Crippen molar-refractivity contribution in [2.24, 2.45) is 23.2 Å². The van der Waals surface area contributed by atoms with E-state index in [0.29, 0.717) is 11.8 Å². The van der Waals surface area contributed by atoms with Crippen LogP contribution in [0.4, 0.5) is 0 Å². The Bertz CT molecular complexity index is 435. The summed E-state index contributed by atoms with van der Waals surface area (Å²) in [6.07, 6.45) is 7.85. The molecular weight excluding hydrogens is 236 g/mol. The van der Waals surface area contributed by atoms with E-state index in [2.05, 4.69) is 19.9 Å². The molecule has 3 saturated carbocycles. The van der Waals surface area contributed by atoms with Crippen LogP contribution in [-0.2, 0) is 9.53 Å². The zero-order valence-electron chi connectivity index (χ0n) is 12.7. The fourth-order valence-corrected chi connectivity index (χ4v) is 4.32. The van der Waals surface area contributed by atoms with Crippen LogP contribution in [0.5, 0.6) is 0 Å². The summed E-state index contributed by atoms with van der Waals surface area (Å²) < 4.78 is 6.19. The van der Waals surface area contributed by atoms with E-state index in [1.165, 1.54) is 12.8 Å². The van der Waals surface area contributed by atoms with Gasteiger partial charge in [-0.1, -0.05) is 25.5 Å². The second kappa shape index (κ2) is 4.10. The Kier molecular flexibility index (Phi) is 2.85. The van der Waals surface area contributed by atoms with Gasteiger partial charge < -0.3 is 4.74 Å². The molecule has 0 heterocycles. The van der Waals surface area contributed by atoms with E-state index in [0.717, 1.165) is 25.2 Å². The topological polar surface area (TPSA) is 26.3 Å². The first-order valence-electron chi connectivity index (χ1n) is 7.88. The summed E-state index contributed by atoms with van der Waals surface area (Å²) >= 11 is 0. The third kappa shape index (κ3) is 1.64. The average molecular weight is 262 g/mol. The lowest BCUT2D eigenvalue weighted by Crippen LogP contribution is -2.62. The van der Waals surface area contributed by atoms with E-state index in [-0.39, 0.29) is 17.0 Å². The maximum absolute atomic E-state index is 12.5. The number of rotatable bonds is 4. The van der Waals surface area contributed by atoms with Gasteiger partial charge in [0.25, 0.3) is 0 Å². The Morgan fingerprint density at radius 2 is 2.16 bits per heavy atom. The van der Waals surface area contributed by atoms with E-state index in [1.807, 2.05) is 13.8 Å². The Balaban J connectivity index is 1.86. The minimum absolute atomic E-state index is 0.00782. The molecule has 0 aliphatic heterocycles. The molecule has 4 unspecified atom stereocenters.